The summed E-state index contributed by atoms with van der Waals surface area (Å²) in [5.74, 6) is -0.215. The predicted octanol–water partition coefficient (Wildman–Crippen LogP) is 1.20. The zero-order chi connectivity index (χ0) is 13.8. The van der Waals surface area contributed by atoms with Crippen molar-refractivity contribution in [2.75, 3.05) is 33.4 Å². The van der Waals surface area contributed by atoms with Gasteiger partial charge in [0.2, 0.25) is 0 Å². The van der Waals surface area contributed by atoms with Gasteiger partial charge >= 0.3 is 5.97 Å². The zero-order valence-electron chi connectivity index (χ0n) is 11.1. The van der Waals surface area contributed by atoms with E-state index in [0.29, 0.717) is 22.5 Å². The van der Waals surface area contributed by atoms with Crippen LogP contribution in [-0.4, -0.2) is 49.4 Å². The normalized spacial score (nSPS) is 13.1. The van der Waals surface area contributed by atoms with Gasteiger partial charge in [0, 0.05) is 5.69 Å². The van der Waals surface area contributed by atoms with Gasteiger partial charge in [0.05, 0.1) is 27.6 Å². The number of rotatable bonds is 6. The topological polar surface area (TPSA) is 72.5 Å². The number of carboxylic acids is 1. The van der Waals surface area contributed by atoms with Crippen molar-refractivity contribution < 1.29 is 19.1 Å². The Morgan fingerprint density at radius 1 is 1.33 bits per heavy atom. The quantitative estimate of drug-likeness (QED) is 0.590. The number of anilines is 1. The van der Waals surface area contributed by atoms with Gasteiger partial charge in [-0.1, -0.05) is 0 Å². The summed E-state index contributed by atoms with van der Waals surface area (Å²) >= 11 is 0. The summed E-state index contributed by atoms with van der Waals surface area (Å²) in [5.41, 5.74) is 6.24. The lowest BCUT2D eigenvalue weighted by atomic mass is 10.2. The van der Waals surface area contributed by atoms with Crippen LogP contribution in [-0.2, 0) is 4.79 Å². The molecule has 1 rings (SSSR count). The predicted molar refractivity (Wildman–Crippen MR) is 70.4 cm³/mol. The third kappa shape index (κ3) is 5.54. The van der Waals surface area contributed by atoms with Crippen molar-refractivity contribution in [2.24, 2.45) is 0 Å². The Balaban J connectivity index is 2.71. The summed E-state index contributed by atoms with van der Waals surface area (Å²) in [6.07, 6.45) is -0.369. The highest BCUT2D eigenvalue weighted by atomic mass is 16.5. The molecular weight excluding hydrogens is 232 g/mol. The first-order valence-electron chi connectivity index (χ1n) is 5.81. The van der Waals surface area contributed by atoms with E-state index in [9.17, 15) is 4.79 Å². The van der Waals surface area contributed by atoms with Crippen LogP contribution in [0.1, 0.15) is 6.42 Å². The van der Waals surface area contributed by atoms with E-state index >= 15 is 0 Å². The Morgan fingerprint density at radius 3 is 2.33 bits per heavy atom. The molecule has 0 aliphatic heterocycles. The first-order valence-corrected chi connectivity index (χ1v) is 5.81. The number of quaternary nitrogens is 1. The van der Waals surface area contributed by atoms with Crippen molar-refractivity contribution in [3.05, 3.63) is 24.3 Å². The Morgan fingerprint density at radius 2 is 1.89 bits per heavy atom. The molecule has 0 saturated heterocycles. The molecule has 1 aromatic rings. The minimum atomic E-state index is -0.858. The maximum absolute atomic E-state index is 10.8. The minimum absolute atomic E-state index is 0.0140. The van der Waals surface area contributed by atoms with Gasteiger partial charge in [-0.05, 0) is 24.3 Å². The molecule has 0 unspecified atom stereocenters. The molecule has 0 saturated carbocycles. The summed E-state index contributed by atoms with van der Waals surface area (Å²) in [6, 6.07) is 6.97. The standard InChI is InChI=1S/C13H20N2O3/c1-15(2,3)9-12(8-13(16)17)18-11-6-4-10(14)5-7-11/h4-7,12H,8-9,14H2,1-3H3/p+1/t12-/m1/s1. The first-order chi connectivity index (χ1) is 8.26. The number of hydrogen-bond acceptors (Lipinski definition) is 3. The Labute approximate surface area is 107 Å². The average molecular weight is 253 g/mol. The van der Waals surface area contributed by atoms with E-state index in [4.69, 9.17) is 15.6 Å². The van der Waals surface area contributed by atoms with Crippen LogP contribution in [0.4, 0.5) is 5.69 Å². The summed E-state index contributed by atoms with van der Waals surface area (Å²) in [4.78, 5) is 10.8. The molecule has 0 aromatic heterocycles. The number of hydrogen-bond donors (Lipinski definition) is 2. The smallest absolute Gasteiger partial charge is 0.307 e. The monoisotopic (exact) mass is 253 g/mol. The lowest BCUT2D eigenvalue weighted by molar-refractivity contribution is -0.873. The van der Waals surface area contributed by atoms with E-state index in [1.54, 1.807) is 24.3 Å². The molecule has 3 N–H and O–H groups in total. The van der Waals surface area contributed by atoms with Crippen LogP contribution in [0.5, 0.6) is 5.75 Å². The number of carboxylic acid groups (broad SMARTS) is 1. The molecule has 5 heteroatoms. The number of carbonyl (C=O) groups is 1. The minimum Gasteiger partial charge on any atom is -0.484 e. The molecule has 5 nitrogen and oxygen atoms in total. The SMILES string of the molecule is C[N+](C)(C)C[C@@H](CC(=O)O)Oc1ccc(N)cc1. The second-order valence-corrected chi connectivity index (χ2v) is 5.38. The lowest BCUT2D eigenvalue weighted by Crippen LogP contribution is -2.44. The molecular formula is C13H21N2O3+. The number of nitrogens with two attached hydrogens (primary N) is 1. The van der Waals surface area contributed by atoms with Gasteiger partial charge in [-0.15, -0.1) is 0 Å². The average Bonchev–Trinajstić information content (AvgIpc) is 2.18. The van der Waals surface area contributed by atoms with Gasteiger partial charge < -0.3 is 20.1 Å². The molecule has 18 heavy (non-hydrogen) atoms. The van der Waals surface area contributed by atoms with Gasteiger partial charge in [-0.3, -0.25) is 4.79 Å². The molecule has 0 spiro atoms. The highest BCUT2D eigenvalue weighted by Gasteiger charge is 2.22. The summed E-state index contributed by atoms with van der Waals surface area (Å²) in [6.45, 7) is 0.622. The van der Waals surface area contributed by atoms with Crippen molar-refractivity contribution in [2.45, 2.75) is 12.5 Å². The number of ether oxygens (including phenoxy) is 1. The zero-order valence-corrected chi connectivity index (χ0v) is 11.1. The van der Waals surface area contributed by atoms with E-state index in [1.165, 1.54) is 0 Å². The van der Waals surface area contributed by atoms with Crippen molar-refractivity contribution >= 4 is 11.7 Å². The van der Waals surface area contributed by atoms with Crippen molar-refractivity contribution in [3.63, 3.8) is 0 Å². The van der Waals surface area contributed by atoms with Crippen molar-refractivity contribution in [1.82, 2.24) is 0 Å². The Bertz CT molecular complexity index is 396. The van der Waals surface area contributed by atoms with E-state index in [0.717, 1.165) is 0 Å². The fraction of sp³-hybridized carbons (Fsp3) is 0.462. The van der Waals surface area contributed by atoms with Crippen LogP contribution in [0.25, 0.3) is 0 Å². The van der Waals surface area contributed by atoms with Crippen LogP contribution < -0.4 is 10.5 Å². The summed E-state index contributed by atoms with van der Waals surface area (Å²) in [5, 5.41) is 8.90. The molecule has 0 radical (unpaired) electrons. The van der Waals surface area contributed by atoms with Crippen LogP contribution in [0.3, 0.4) is 0 Å². The molecule has 0 aliphatic rings. The first kappa shape index (κ1) is 14.3. The van der Waals surface area contributed by atoms with Crippen molar-refractivity contribution in [3.8, 4) is 5.75 Å². The Hall–Kier alpha value is -1.75. The van der Waals surface area contributed by atoms with Crippen LogP contribution in [0.15, 0.2) is 24.3 Å². The van der Waals surface area contributed by atoms with Crippen LogP contribution >= 0.6 is 0 Å². The van der Waals surface area contributed by atoms with Gasteiger partial charge in [0.25, 0.3) is 0 Å². The highest BCUT2D eigenvalue weighted by Crippen LogP contribution is 2.17. The van der Waals surface area contributed by atoms with Gasteiger partial charge in [-0.2, -0.15) is 0 Å². The summed E-state index contributed by atoms with van der Waals surface area (Å²) < 4.78 is 6.35. The van der Waals surface area contributed by atoms with Gasteiger partial charge in [0.15, 0.2) is 6.10 Å². The number of aliphatic carboxylic acids is 1. The summed E-state index contributed by atoms with van der Waals surface area (Å²) in [7, 11) is 6.00. The fourth-order valence-electron chi connectivity index (χ4n) is 1.69. The highest BCUT2D eigenvalue weighted by molar-refractivity contribution is 5.67. The van der Waals surface area contributed by atoms with Crippen molar-refractivity contribution in [1.29, 1.82) is 0 Å². The molecule has 0 heterocycles. The molecule has 0 aliphatic carbocycles. The number of benzene rings is 1. The maximum atomic E-state index is 10.8. The van der Waals surface area contributed by atoms with Gasteiger partial charge in [0.1, 0.15) is 12.3 Å². The third-order valence-corrected chi connectivity index (χ3v) is 2.34. The molecule has 100 valence electrons. The molecule has 1 atom stereocenters. The van der Waals surface area contributed by atoms with E-state index in [-0.39, 0.29) is 12.5 Å². The maximum Gasteiger partial charge on any atom is 0.307 e. The number of nitrogens with zero attached hydrogens (tertiary/aromatic N) is 1. The molecule has 0 fully saturated rings. The van der Waals surface area contributed by atoms with E-state index in [2.05, 4.69) is 0 Å². The second kappa shape index (κ2) is 5.73. The van der Waals surface area contributed by atoms with Gasteiger partial charge in [-0.25, -0.2) is 0 Å². The fourth-order valence-corrected chi connectivity index (χ4v) is 1.69. The lowest BCUT2D eigenvalue weighted by Gasteiger charge is -2.28. The number of nitrogen functional groups attached to an aromatic ring is 1. The van der Waals surface area contributed by atoms with Crippen LogP contribution in [0.2, 0.25) is 0 Å². The number of likely N-dealkylation sites (N-methyl/N-ethyl adjacent to an activating group) is 1. The third-order valence-electron chi connectivity index (χ3n) is 2.34. The van der Waals surface area contributed by atoms with E-state index < -0.39 is 5.97 Å². The van der Waals surface area contributed by atoms with Crippen LogP contribution in [0, 0.1) is 0 Å². The largest absolute Gasteiger partial charge is 0.484 e. The molecule has 1 aromatic carbocycles. The second-order valence-electron chi connectivity index (χ2n) is 5.38. The molecule has 0 bridgehead atoms. The van der Waals surface area contributed by atoms with E-state index in [1.807, 2.05) is 21.1 Å². The Kier molecular flexibility index (Phi) is 4.55. The molecule has 0 amide bonds.